The van der Waals surface area contributed by atoms with Gasteiger partial charge in [0.2, 0.25) is 5.90 Å². The lowest BCUT2D eigenvalue weighted by Crippen LogP contribution is -2.42. The van der Waals surface area contributed by atoms with E-state index in [0.717, 1.165) is 5.69 Å². The Hall–Kier alpha value is -3.81. The van der Waals surface area contributed by atoms with Crippen LogP contribution in [0, 0.1) is 18.3 Å². The van der Waals surface area contributed by atoms with E-state index < -0.39 is 17.8 Å². The monoisotopic (exact) mass is 418 g/mol. The molecule has 0 saturated carbocycles. The van der Waals surface area contributed by atoms with Crippen LogP contribution in [-0.4, -0.2) is 33.0 Å². The van der Waals surface area contributed by atoms with Gasteiger partial charge in [-0.25, -0.2) is 0 Å². The van der Waals surface area contributed by atoms with Gasteiger partial charge < -0.3 is 14.0 Å². The van der Waals surface area contributed by atoms with Crippen LogP contribution in [0.5, 0.6) is 5.75 Å². The zero-order chi connectivity index (χ0) is 22.0. The van der Waals surface area contributed by atoms with Crippen molar-refractivity contribution in [2.45, 2.75) is 26.3 Å². The summed E-state index contributed by atoms with van der Waals surface area (Å²) in [4.78, 5) is 34.9. The molecular weight excluding hydrogens is 396 g/mol. The van der Waals surface area contributed by atoms with E-state index in [1.165, 1.54) is 0 Å². The SMILES string of the molecule is CCOC(=O)C1C(=N)Oc2cc(C)n(Cc3ccccn3)c(=O)c2C1c1cccnc1. The highest BCUT2D eigenvalue weighted by Crippen LogP contribution is 2.41. The number of pyridine rings is 3. The Morgan fingerprint density at radius 2 is 2.10 bits per heavy atom. The first-order chi connectivity index (χ1) is 15.0. The van der Waals surface area contributed by atoms with Crippen LogP contribution in [0.4, 0.5) is 0 Å². The Morgan fingerprint density at radius 3 is 2.77 bits per heavy atom. The van der Waals surface area contributed by atoms with Gasteiger partial charge in [0.05, 0.1) is 24.4 Å². The Bertz CT molecular complexity index is 1180. The maximum absolute atomic E-state index is 13.7. The summed E-state index contributed by atoms with van der Waals surface area (Å²) < 4.78 is 12.5. The van der Waals surface area contributed by atoms with Gasteiger partial charge in [0.1, 0.15) is 11.7 Å². The number of rotatable bonds is 5. The van der Waals surface area contributed by atoms with Gasteiger partial charge in [-0.15, -0.1) is 0 Å². The number of ether oxygens (including phenoxy) is 2. The third-order valence-corrected chi connectivity index (χ3v) is 5.28. The van der Waals surface area contributed by atoms with Gasteiger partial charge in [-0.3, -0.25) is 25.0 Å². The molecule has 2 unspecified atom stereocenters. The van der Waals surface area contributed by atoms with Crippen molar-refractivity contribution in [3.8, 4) is 5.75 Å². The van der Waals surface area contributed by atoms with Gasteiger partial charge in [0, 0.05) is 36.3 Å². The van der Waals surface area contributed by atoms with E-state index in [-0.39, 0.29) is 30.4 Å². The maximum atomic E-state index is 13.7. The van der Waals surface area contributed by atoms with E-state index in [4.69, 9.17) is 14.9 Å². The van der Waals surface area contributed by atoms with E-state index in [1.54, 1.807) is 55.2 Å². The van der Waals surface area contributed by atoms with E-state index in [2.05, 4.69) is 9.97 Å². The minimum atomic E-state index is -1.07. The Labute approximate surface area is 179 Å². The van der Waals surface area contributed by atoms with Crippen molar-refractivity contribution in [1.82, 2.24) is 14.5 Å². The molecule has 0 radical (unpaired) electrons. The summed E-state index contributed by atoms with van der Waals surface area (Å²) in [5, 5.41) is 8.38. The zero-order valence-corrected chi connectivity index (χ0v) is 17.2. The highest BCUT2D eigenvalue weighted by atomic mass is 16.5. The van der Waals surface area contributed by atoms with Crippen LogP contribution in [-0.2, 0) is 16.1 Å². The molecule has 2 atom stereocenters. The highest BCUT2D eigenvalue weighted by Gasteiger charge is 2.44. The fourth-order valence-corrected chi connectivity index (χ4v) is 3.87. The lowest BCUT2D eigenvalue weighted by Gasteiger charge is -2.32. The second-order valence-corrected chi connectivity index (χ2v) is 7.24. The van der Waals surface area contributed by atoms with Gasteiger partial charge in [-0.2, -0.15) is 0 Å². The molecule has 0 fully saturated rings. The summed E-state index contributed by atoms with van der Waals surface area (Å²) in [6, 6.07) is 10.8. The largest absolute Gasteiger partial charge is 0.465 e. The molecule has 8 nitrogen and oxygen atoms in total. The van der Waals surface area contributed by atoms with Crippen molar-refractivity contribution in [1.29, 1.82) is 5.41 Å². The van der Waals surface area contributed by atoms with Crippen molar-refractivity contribution in [2.24, 2.45) is 5.92 Å². The lowest BCUT2D eigenvalue weighted by molar-refractivity contribution is -0.146. The van der Waals surface area contributed by atoms with Gasteiger partial charge >= 0.3 is 5.97 Å². The molecule has 158 valence electrons. The van der Waals surface area contributed by atoms with Gasteiger partial charge in [0.15, 0.2) is 0 Å². The van der Waals surface area contributed by atoms with Gasteiger partial charge in [-0.1, -0.05) is 12.1 Å². The molecular formula is C23H22N4O4. The summed E-state index contributed by atoms with van der Waals surface area (Å²) in [7, 11) is 0. The van der Waals surface area contributed by atoms with Crippen LogP contribution < -0.4 is 10.3 Å². The second kappa shape index (κ2) is 8.51. The van der Waals surface area contributed by atoms with E-state index in [0.29, 0.717) is 16.8 Å². The molecule has 0 aliphatic carbocycles. The highest BCUT2D eigenvalue weighted by molar-refractivity contribution is 6.00. The van der Waals surface area contributed by atoms with Crippen LogP contribution in [0.3, 0.4) is 0 Å². The Morgan fingerprint density at radius 1 is 1.26 bits per heavy atom. The molecule has 3 aromatic heterocycles. The molecule has 8 heteroatoms. The van der Waals surface area contributed by atoms with E-state index in [1.807, 2.05) is 18.2 Å². The summed E-state index contributed by atoms with van der Waals surface area (Å²) in [6.45, 7) is 3.93. The summed E-state index contributed by atoms with van der Waals surface area (Å²) in [5.41, 5.74) is 2.05. The Kier molecular flexibility index (Phi) is 5.62. The molecule has 4 heterocycles. The number of hydrogen-bond acceptors (Lipinski definition) is 7. The first-order valence-electron chi connectivity index (χ1n) is 9.98. The quantitative estimate of drug-likeness (QED) is 0.639. The molecule has 4 rings (SSSR count). The number of fused-ring (bicyclic) bond motifs is 1. The molecule has 0 spiro atoms. The van der Waals surface area contributed by atoms with Crippen LogP contribution in [0.2, 0.25) is 0 Å². The normalized spacial score (nSPS) is 17.5. The van der Waals surface area contributed by atoms with E-state index in [9.17, 15) is 9.59 Å². The molecule has 1 aliphatic heterocycles. The second-order valence-electron chi connectivity index (χ2n) is 7.24. The number of hydrogen-bond donors (Lipinski definition) is 1. The number of aryl methyl sites for hydroxylation is 1. The fraction of sp³-hybridized carbons (Fsp3) is 0.261. The van der Waals surface area contributed by atoms with Crippen LogP contribution in [0.1, 0.15) is 35.4 Å². The average Bonchev–Trinajstić information content (AvgIpc) is 2.77. The van der Waals surface area contributed by atoms with Gasteiger partial charge in [-0.05, 0) is 37.6 Å². The smallest absolute Gasteiger partial charge is 0.319 e. The van der Waals surface area contributed by atoms with Gasteiger partial charge in [0.25, 0.3) is 5.56 Å². The van der Waals surface area contributed by atoms with Crippen molar-refractivity contribution < 1.29 is 14.3 Å². The molecule has 0 aromatic carbocycles. The molecule has 3 aromatic rings. The number of aromatic nitrogens is 3. The minimum absolute atomic E-state index is 0.160. The number of esters is 1. The molecule has 0 amide bonds. The van der Waals surface area contributed by atoms with Crippen molar-refractivity contribution in [3.63, 3.8) is 0 Å². The lowest BCUT2D eigenvalue weighted by atomic mass is 9.79. The molecule has 1 aliphatic rings. The topological polar surface area (TPSA) is 107 Å². The average molecular weight is 418 g/mol. The van der Waals surface area contributed by atoms with Crippen LogP contribution in [0.25, 0.3) is 0 Å². The molecule has 0 bridgehead atoms. The maximum Gasteiger partial charge on any atom is 0.319 e. The fourth-order valence-electron chi connectivity index (χ4n) is 3.87. The third kappa shape index (κ3) is 3.84. The Balaban J connectivity index is 1.91. The minimum Gasteiger partial charge on any atom is -0.465 e. The first kappa shape index (κ1) is 20.5. The van der Waals surface area contributed by atoms with Crippen molar-refractivity contribution in [3.05, 3.63) is 87.9 Å². The first-order valence-corrected chi connectivity index (χ1v) is 9.98. The summed E-state index contributed by atoms with van der Waals surface area (Å²) in [6.07, 6.45) is 4.89. The van der Waals surface area contributed by atoms with Crippen LogP contribution in [0.15, 0.2) is 59.8 Å². The number of carbonyl (C=O) groups excluding carboxylic acids is 1. The van der Waals surface area contributed by atoms with Crippen molar-refractivity contribution >= 4 is 11.9 Å². The molecule has 1 N–H and O–H groups in total. The van der Waals surface area contributed by atoms with E-state index >= 15 is 0 Å². The zero-order valence-electron chi connectivity index (χ0n) is 17.2. The number of nitrogens with zero attached hydrogens (tertiary/aromatic N) is 3. The van der Waals surface area contributed by atoms with Crippen LogP contribution >= 0.6 is 0 Å². The molecule has 0 saturated heterocycles. The number of carbonyl (C=O) groups is 1. The molecule has 31 heavy (non-hydrogen) atoms. The summed E-state index contributed by atoms with van der Waals surface area (Å²) in [5.74, 6) is -2.40. The number of nitrogens with one attached hydrogen (secondary N) is 1. The predicted octanol–water partition coefficient (Wildman–Crippen LogP) is 2.68. The predicted molar refractivity (Wildman–Crippen MR) is 113 cm³/mol. The standard InChI is InChI=1S/C23H22N4O4/c1-3-30-23(29)20-18(15-7-6-9-25-12-15)19-17(31-21(20)24)11-14(2)27(22(19)28)13-16-8-4-5-10-26-16/h4-12,18,20,24H,3,13H2,1-2H3. The third-order valence-electron chi connectivity index (χ3n) is 5.28. The van der Waals surface area contributed by atoms with Crippen molar-refractivity contribution in [2.75, 3.05) is 6.61 Å². The summed E-state index contributed by atoms with van der Waals surface area (Å²) >= 11 is 0.